The highest BCUT2D eigenvalue weighted by molar-refractivity contribution is 7.89. The van der Waals surface area contributed by atoms with Crippen LogP contribution in [0.5, 0.6) is 5.75 Å². The quantitative estimate of drug-likeness (QED) is 0.634. The fraction of sp³-hybridized carbons (Fsp3) is 0.286. The number of nitrogens with zero attached hydrogens (tertiary/aromatic N) is 3. The van der Waals surface area contributed by atoms with Gasteiger partial charge in [0.15, 0.2) is 0 Å². The molecule has 0 N–H and O–H groups in total. The molecule has 0 spiro atoms. The van der Waals surface area contributed by atoms with Crippen molar-refractivity contribution in [2.24, 2.45) is 0 Å². The Morgan fingerprint density at radius 2 is 1.45 bits per heavy atom. The Hall–Kier alpha value is -3.24. The summed E-state index contributed by atoms with van der Waals surface area (Å²) in [6.45, 7) is 0.247. The van der Waals surface area contributed by atoms with Crippen LogP contribution in [-0.4, -0.2) is 80.1 Å². The lowest BCUT2D eigenvalue weighted by atomic mass is 10.1. The average molecular weight is 443 g/mol. The van der Waals surface area contributed by atoms with E-state index >= 15 is 0 Å². The third kappa shape index (κ3) is 3.79. The SMILES string of the molecule is COc1ccc(S(=O)(=O)N2CCN(C(=O)CN3C(=O)c4ccccc4C3=O)CC2)cc1. The predicted octanol–water partition coefficient (Wildman–Crippen LogP) is 0.824. The number of carbonyl (C=O) groups is 3. The lowest BCUT2D eigenvalue weighted by Crippen LogP contribution is -2.53. The first kappa shape index (κ1) is 21.0. The van der Waals surface area contributed by atoms with E-state index in [-0.39, 0.29) is 48.7 Å². The summed E-state index contributed by atoms with van der Waals surface area (Å²) >= 11 is 0. The number of benzene rings is 2. The van der Waals surface area contributed by atoms with Gasteiger partial charge in [0.1, 0.15) is 12.3 Å². The van der Waals surface area contributed by atoms with Crippen molar-refractivity contribution < 1.29 is 27.5 Å². The van der Waals surface area contributed by atoms with Crippen LogP contribution in [0.2, 0.25) is 0 Å². The maximum absolute atomic E-state index is 12.8. The van der Waals surface area contributed by atoms with Gasteiger partial charge in [-0.05, 0) is 36.4 Å². The smallest absolute Gasteiger partial charge is 0.262 e. The topological polar surface area (TPSA) is 104 Å². The summed E-state index contributed by atoms with van der Waals surface area (Å²) in [7, 11) is -2.19. The van der Waals surface area contributed by atoms with Crippen molar-refractivity contribution >= 4 is 27.7 Å². The largest absolute Gasteiger partial charge is 0.497 e. The van der Waals surface area contributed by atoms with Gasteiger partial charge in [0.2, 0.25) is 15.9 Å². The molecular formula is C21H21N3O6S. The molecule has 162 valence electrons. The van der Waals surface area contributed by atoms with Crippen LogP contribution in [0, 0.1) is 0 Å². The number of methoxy groups -OCH3 is 1. The lowest BCUT2D eigenvalue weighted by Gasteiger charge is -2.34. The first-order chi connectivity index (χ1) is 14.8. The Morgan fingerprint density at radius 3 is 1.97 bits per heavy atom. The molecule has 4 rings (SSSR count). The highest BCUT2D eigenvalue weighted by atomic mass is 32.2. The Kier molecular flexibility index (Phi) is 5.50. The van der Waals surface area contributed by atoms with Crippen LogP contribution in [0.25, 0.3) is 0 Å². The number of piperazine rings is 1. The molecule has 31 heavy (non-hydrogen) atoms. The standard InChI is InChI=1S/C21H21N3O6S/c1-30-15-6-8-16(9-7-15)31(28,29)23-12-10-22(11-13-23)19(25)14-24-20(26)17-4-2-3-5-18(17)21(24)27/h2-9H,10-14H2,1H3. The number of hydrogen-bond donors (Lipinski definition) is 0. The number of carbonyl (C=O) groups excluding carboxylic acids is 3. The second-order valence-corrected chi connectivity index (χ2v) is 9.14. The van der Waals surface area contributed by atoms with Crippen LogP contribution in [0.15, 0.2) is 53.4 Å². The van der Waals surface area contributed by atoms with E-state index in [1.807, 2.05) is 0 Å². The van der Waals surface area contributed by atoms with Gasteiger partial charge < -0.3 is 9.64 Å². The van der Waals surface area contributed by atoms with Crippen LogP contribution >= 0.6 is 0 Å². The zero-order chi connectivity index (χ0) is 22.2. The van der Waals surface area contributed by atoms with Crippen molar-refractivity contribution in [3.63, 3.8) is 0 Å². The number of sulfonamides is 1. The van der Waals surface area contributed by atoms with Crippen molar-refractivity contribution in [1.29, 1.82) is 0 Å². The Labute approximate surface area is 179 Å². The average Bonchev–Trinajstić information content (AvgIpc) is 3.04. The van der Waals surface area contributed by atoms with Gasteiger partial charge in [0.05, 0.1) is 23.1 Å². The Bertz CT molecular complexity index is 1100. The number of imide groups is 1. The van der Waals surface area contributed by atoms with Gasteiger partial charge in [0.25, 0.3) is 11.8 Å². The molecule has 3 amide bonds. The third-order valence-corrected chi connectivity index (χ3v) is 7.37. The van der Waals surface area contributed by atoms with E-state index in [1.165, 1.54) is 28.4 Å². The Morgan fingerprint density at radius 1 is 0.903 bits per heavy atom. The van der Waals surface area contributed by atoms with Gasteiger partial charge in [-0.1, -0.05) is 12.1 Å². The molecule has 1 fully saturated rings. The third-order valence-electron chi connectivity index (χ3n) is 5.46. The van der Waals surface area contributed by atoms with Crippen LogP contribution in [0.3, 0.4) is 0 Å². The predicted molar refractivity (Wildman–Crippen MR) is 110 cm³/mol. The number of fused-ring (bicyclic) bond motifs is 1. The van der Waals surface area contributed by atoms with E-state index in [4.69, 9.17) is 4.74 Å². The minimum atomic E-state index is -3.69. The van der Waals surface area contributed by atoms with Crippen LogP contribution in [0.1, 0.15) is 20.7 Å². The van der Waals surface area contributed by atoms with Gasteiger partial charge in [-0.3, -0.25) is 19.3 Å². The van der Waals surface area contributed by atoms with Crippen LogP contribution < -0.4 is 4.74 Å². The molecule has 0 aromatic heterocycles. The lowest BCUT2D eigenvalue weighted by molar-refractivity contribution is -0.132. The fourth-order valence-electron chi connectivity index (χ4n) is 3.69. The first-order valence-corrected chi connectivity index (χ1v) is 11.1. The number of rotatable bonds is 5. The molecule has 0 atom stereocenters. The van der Waals surface area contributed by atoms with Crippen LogP contribution in [-0.2, 0) is 14.8 Å². The van der Waals surface area contributed by atoms with E-state index in [9.17, 15) is 22.8 Å². The summed E-state index contributed by atoms with van der Waals surface area (Å²) in [5, 5.41) is 0. The molecule has 0 aliphatic carbocycles. The van der Waals surface area contributed by atoms with Gasteiger partial charge in [-0.2, -0.15) is 4.31 Å². The molecule has 0 bridgehead atoms. The molecule has 0 unspecified atom stereocenters. The summed E-state index contributed by atoms with van der Waals surface area (Å²) in [5.41, 5.74) is 0.575. The molecule has 9 nitrogen and oxygen atoms in total. The van der Waals surface area contributed by atoms with Gasteiger partial charge in [0, 0.05) is 26.2 Å². The summed E-state index contributed by atoms with van der Waals surface area (Å²) in [4.78, 5) is 40.2. The summed E-state index contributed by atoms with van der Waals surface area (Å²) < 4.78 is 32.0. The van der Waals surface area contributed by atoms with Gasteiger partial charge >= 0.3 is 0 Å². The van der Waals surface area contributed by atoms with Crippen molar-refractivity contribution in [1.82, 2.24) is 14.1 Å². The number of ether oxygens (including phenoxy) is 1. The van der Waals surface area contributed by atoms with Gasteiger partial charge in [-0.25, -0.2) is 8.42 Å². The fourth-order valence-corrected chi connectivity index (χ4v) is 5.11. The molecule has 0 radical (unpaired) electrons. The Balaban J connectivity index is 1.38. The normalized spacial score (nSPS) is 17.1. The molecule has 2 heterocycles. The maximum Gasteiger partial charge on any atom is 0.262 e. The highest BCUT2D eigenvalue weighted by Crippen LogP contribution is 2.23. The second-order valence-electron chi connectivity index (χ2n) is 7.20. The van der Waals surface area contributed by atoms with Crippen molar-refractivity contribution in [2.75, 3.05) is 39.8 Å². The van der Waals surface area contributed by atoms with Gasteiger partial charge in [-0.15, -0.1) is 0 Å². The van der Waals surface area contributed by atoms with E-state index < -0.39 is 27.7 Å². The molecular weight excluding hydrogens is 422 g/mol. The second kappa shape index (κ2) is 8.12. The van der Waals surface area contributed by atoms with E-state index in [2.05, 4.69) is 0 Å². The molecule has 2 aliphatic rings. The van der Waals surface area contributed by atoms with Crippen molar-refractivity contribution in [2.45, 2.75) is 4.90 Å². The summed E-state index contributed by atoms with van der Waals surface area (Å²) in [6, 6.07) is 12.6. The van der Waals surface area contributed by atoms with E-state index in [0.29, 0.717) is 5.75 Å². The monoisotopic (exact) mass is 443 g/mol. The highest BCUT2D eigenvalue weighted by Gasteiger charge is 2.38. The first-order valence-electron chi connectivity index (χ1n) is 9.70. The molecule has 2 aromatic carbocycles. The molecule has 2 aromatic rings. The summed E-state index contributed by atoms with van der Waals surface area (Å²) in [6.07, 6.45) is 0. The van der Waals surface area contributed by atoms with Crippen molar-refractivity contribution in [3.05, 3.63) is 59.7 Å². The zero-order valence-corrected chi connectivity index (χ0v) is 17.7. The van der Waals surface area contributed by atoms with Crippen LogP contribution in [0.4, 0.5) is 0 Å². The molecule has 10 heteroatoms. The maximum atomic E-state index is 12.8. The minimum absolute atomic E-state index is 0.127. The summed E-state index contributed by atoms with van der Waals surface area (Å²) in [5.74, 6) is -0.817. The molecule has 2 aliphatic heterocycles. The zero-order valence-electron chi connectivity index (χ0n) is 16.9. The van der Waals surface area contributed by atoms with E-state index in [1.54, 1.807) is 36.4 Å². The molecule has 1 saturated heterocycles. The van der Waals surface area contributed by atoms with Crippen molar-refractivity contribution in [3.8, 4) is 5.75 Å². The molecule has 0 saturated carbocycles. The van der Waals surface area contributed by atoms with E-state index in [0.717, 1.165) is 4.90 Å². The number of hydrogen-bond acceptors (Lipinski definition) is 6. The number of amides is 3. The minimum Gasteiger partial charge on any atom is -0.497 e.